The number of benzene rings is 3. The SMILES string of the molecule is O=C(Nc1ccc(C23CC4CC(CC(C4)C2)C3)cc1)c1cccc(OCc2ccccc2)c1. The molecule has 4 saturated carbocycles. The summed E-state index contributed by atoms with van der Waals surface area (Å²) in [6.45, 7) is 0.484. The van der Waals surface area contributed by atoms with E-state index in [2.05, 4.69) is 29.6 Å². The number of anilines is 1. The topological polar surface area (TPSA) is 38.3 Å². The molecule has 3 heteroatoms. The third-order valence-electron chi connectivity index (χ3n) is 8.14. The molecule has 1 N–H and O–H groups in total. The van der Waals surface area contributed by atoms with Gasteiger partial charge in [-0.05, 0) is 103 Å². The van der Waals surface area contributed by atoms with Crippen LogP contribution >= 0.6 is 0 Å². The molecule has 0 aromatic heterocycles. The number of ether oxygens (including phenoxy) is 1. The molecular formula is C30H31NO2. The van der Waals surface area contributed by atoms with E-state index in [4.69, 9.17) is 4.74 Å². The fourth-order valence-electron chi connectivity index (χ4n) is 7.04. The highest BCUT2D eigenvalue weighted by atomic mass is 16.5. The highest BCUT2D eigenvalue weighted by Crippen LogP contribution is 2.60. The summed E-state index contributed by atoms with van der Waals surface area (Å²) in [4.78, 5) is 12.9. The molecule has 4 bridgehead atoms. The molecular weight excluding hydrogens is 406 g/mol. The summed E-state index contributed by atoms with van der Waals surface area (Å²) >= 11 is 0. The molecule has 7 rings (SSSR count). The highest BCUT2D eigenvalue weighted by Gasteiger charge is 2.51. The molecule has 3 aromatic carbocycles. The lowest BCUT2D eigenvalue weighted by atomic mass is 9.48. The molecule has 0 unspecified atom stereocenters. The molecule has 4 aliphatic rings. The van der Waals surface area contributed by atoms with Crippen LogP contribution in [0, 0.1) is 17.8 Å². The van der Waals surface area contributed by atoms with Crippen molar-refractivity contribution in [3.05, 3.63) is 95.6 Å². The maximum atomic E-state index is 12.9. The molecule has 0 atom stereocenters. The van der Waals surface area contributed by atoms with E-state index in [0.717, 1.165) is 29.0 Å². The normalized spacial score (nSPS) is 27.3. The summed E-state index contributed by atoms with van der Waals surface area (Å²) in [5.41, 5.74) is 4.43. The van der Waals surface area contributed by atoms with Crippen molar-refractivity contribution in [1.82, 2.24) is 0 Å². The van der Waals surface area contributed by atoms with Crippen LogP contribution in [-0.2, 0) is 12.0 Å². The molecule has 0 spiro atoms. The van der Waals surface area contributed by atoms with Crippen molar-refractivity contribution in [2.45, 2.75) is 50.5 Å². The van der Waals surface area contributed by atoms with Gasteiger partial charge in [0.15, 0.2) is 0 Å². The van der Waals surface area contributed by atoms with Gasteiger partial charge in [0, 0.05) is 11.3 Å². The Bertz CT molecular complexity index is 1100. The fourth-order valence-corrected chi connectivity index (χ4v) is 7.04. The predicted molar refractivity (Wildman–Crippen MR) is 131 cm³/mol. The molecule has 3 aromatic rings. The standard InChI is InChI=1S/C30H31NO2/c32-29(25-7-4-8-28(16-25)33-20-21-5-2-1-3-6-21)31-27-11-9-26(10-12-27)30-17-22-13-23(18-30)15-24(14-22)19-30/h1-12,16,22-24H,13-15,17-20H2,(H,31,32). The molecule has 3 nitrogen and oxygen atoms in total. The summed E-state index contributed by atoms with van der Waals surface area (Å²) in [5, 5.41) is 3.07. The van der Waals surface area contributed by atoms with Gasteiger partial charge in [-0.3, -0.25) is 4.79 Å². The summed E-state index contributed by atoms with van der Waals surface area (Å²) in [6, 6.07) is 26.1. The Morgan fingerprint density at radius 1 is 0.818 bits per heavy atom. The van der Waals surface area contributed by atoms with E-state index in [1.807, 2.05) is 54.6 Å². The van der Waals surface area contributed by atoms with Crippen molar-refractivity contribution in [2.24, 2.45) is 17.8 Å². The molecule has 0 heterocycles. The Morgan fingerprint density at radius 2 is 1.48 bits per heavy atom. The summed E-state index contributed by atoms with van der Waals surface area (Å²) < 4.78 is 5.89. The van der Waals surface area contributed by atoms with Gasteiger partial charge in [0.05, 0.1) is 0 Å². The minimum Gasteiger partial charge on any atom is -0.489 e. The van der Waals surface area contributed by atoms with Crippen LogP contribution in [0.25, 0.3) is 0 Å². The Hall–Kier alpha value is -3.07. The molecule has 0 aliphatic heterocycles. The number of carbonyl (C=O) groups is 1. The van der Waals surface area contributed by atoms with Crippen molar-refractivity contribution in [2.75, 3.05) is 5.32 Å². The van der Waals surface area contributed by atoms with Gasteiger partial charge in [-0.1, -0.05) is 48.5 Å². The van der Waals surface area contributed by atoms with Crippen LogP contribution in [0.1, 0.15) is 60.0 Å². The second-order valence-corrected chi connectivity index (χ2v) is 10.5. The molecule has 168 valence electrons. The van der Waals surface area contributed by atoms with Crippen molar-refractivity contribution in [1.29, 1.82) is 0 Å². The van der Waals surface area contributed by atoms with E-state index in [0.29, 0.717) is 23.3 Å². The zero-order chi connectivity index (χ0) is 22.3. The minimum atomic E-state index is -0.109. The average molecular weight is 438 g/mol. The first-order valence-corrected chi connectivity index (χ1v) is 12.3. The van der Waals surface area contributed by atoms with Gasteiger partial charge in [-0.25, -0.2) is 0 Å². The zero-order valence-corrected chi connectivity index (χ0v) is 19.0. The van der Waals surface area contributed by atoms with Crippen LogP contribution in [-0.4, -0.2) is 5.91 Å². The summed E-state index contributed by atoms with van der Waals surface area (Å²) in [5.74, 6) is 3.40. The number of carbonyl (C=O) groups excluding carboxylic acids is 1. The molecule has 4 fully saturated rings. The third-order valence-corrected chi connectivity index (χ3v) is 8.14. The van der Waals surface area contributed by atoms with Crippen LogP contribution in [0.4, 0.5) is 5.69 Å². The van der Waals surface area contributed by atoms with E-state index in [9.17, 15) is 4.79 Å². The first kappa shape index (κ1) is 20.5. The smallest absolute Gasteiger partial charge is 0.255 e. The van der Waals surface area contributed by atoms with Crippen molar-refractivity contribution < 1.29 is 9.53 Å². The van der Waals surface area contributed by atoms with Crippen molar-refractivity contribution >= 4 is 11.6 Å². The van der Waals surface area contributed by atoms with Gasteiger partial charge in [0.2, 0.25) is 0 Å². The fraction of sp³-hybridized carbons (Fsp3) is 0.367. The van der Waals surface area contributed by atoms with Crippen LogP contribution < -0.4 is 10.1 Å². The Morgan fingerprint density at radius 3 is 2.15 bits per heavy atom. The minimum absolute atomic E-state index is 0.109. The predicted octanol–water partition coefficient (Wildman–Crippen LogP) is 6.99. The highest BCUT2D eigenvalue weighted by molar-refractivity contribution is 6.04. The van der Waals surface area contributed by atoms with Gasteiger partial charge in [-0.15, -0.1) is 0 Å². The van der Waals surface area contributed by atoms with Gasteiger partial charge in [-0.2, -0.15) is 0 Å². The average Bonchev–Trinajstić information content (AvgIpc) is 2.83. The van der Waals surface area contributed by atoms with Crippen LogP contribution in [0.3, 0.4) is 0 Å². The van der Waals surface area contributed by atoms with Crippen LogP contribution in [0.5, 0.6) is 5.75 Å². The second-order valence-electron chi connectivity index (χ2n) is 10.5. The number of hydrogen-bond acceptors (Lipinski definition) is 2. The van der Waals surface area contributed by atoms with Gasteiger partial charge in [0.1, 0.15) is 12.4 Å². The van der Waals surface area contributed by atoms with Crippen molar-refractivity contribution in [3.63, 3.8) is 0 Å². The number of nitrogens with one attached hydrogen (secondary N) is 1. The van der Waals surface area contributed by atoms with Crippen LogP contribution in [0.2, 0.25) is 0 Å². The molecule has 0 radical (unpaired) electrons. The number of hydrogen-bond donors (Lipinski definition) is 1. The molecule has 1 amide bonds. The Labute approximate surface area is 196 Å². The second kappa shape index (κ2) is 8.37. The van der Waals surface area contributed by atoms with E-state index in [-0.39, 0.29) is 5.91 Å². The van der Waals surface area contributed by atoms with E-state index in [1.165, 1.54) is 44.1 Å². The molecule has 33 heavy (non-hydrogen) atoms. The summed E-state index contributed by atoms with van der Waals surface area (Å²) in [6.07, 6.45) is 8.46. The quantitative estimate of drug-likeness (QED) is 0.451. The molecule has 4 aliphatic carbocycles. The van der Waals surface area contributed by atoms with Gasteiger partial charge in [0.25, 0.3) is 5.91 Å². The first-order chi connectivity index (χ1) is 16.1. The lowest BCUT2D eigenvalue weighted by Crippen LogP contribution is -2.48. The molecule has 0 saturated heterocycles. The largest absolute Gasteiger partial charge is 0.489 e. The maximum Gasteiger partial charge on any atom is 0.255 e. The Balaban J connectivity index is 1.12. The van der Waals surface area contributed by atoms with Crippen LogP contribution in [0.15, 0.2) is 78.9 Å². The lowest BCUT2D eigenvalue weighted by Gasteiger charge is -2.57. The lowest BCUT2D eigenvalue weighted by molar-refractivity contribution is -0.00518. The first-order valence-electron chi connectivity index (χ1n) is 12.3. The van der Waals surface area contributed by atoms with E-state index < -0.39 is 0 Å². The third kappa shape index (κ3) is 4.17. The zero-order valence-electron chi connectivity index (χ0n) is 19.0. The number of amides is 1. The Kier molecular flexibility index (Phi) is 5.21. The van der Waals surface area contributed by atoms with Gasteiger partial charge >= 0.3 is 0 Å². The maximum absolute atomic E-state index is 12.9. The monoisotopic (exact) mass is 437 g/mol. The van der Waals surface area contributed by atoms with Gasteiger partial charge < -0.3 is 10.1 Å². The van der Waals surface area contributed by atoms with Crippen molar-refractivity contribution in [3.8, 4) is 5.75 Å². The number of rotatable bonds is 6. The van der Waals surface area contributed by atoms with E-state index >= 15 is 0 Å². The summed E-state index contributed by atoms with van der Waals surface area (Å²) in [7, 11) is 0. The van der Waals surface area contributed by atoms with E-state index in [1.54, 1.807) is 0 Å².